The van der Waals surface area contributed by atoms with Gasteiger partial charge in [0.2, 0.25) is 0 Å². The van der Waals surface area contributed by atoms with Crippen LogP contribution in [0.5, 0.6) is 0 Å². The Morgan fingerprint density at radius 1 is 1.25 bits per heavy atom. The highest BCUT2D eigenvalue weighted by Crippen LogP contribution is 2.37. The number of pyridine rings is 1. The Morgan fingerprint density at radius 3 is 2.75 bits per heavy atom. The number of nitriles is 1. The lowest BCUT2D eigenvalue weighted by molar-refractivity contribution is 0.307. The van der Waals surface area contributed by atoms with Crippen molar-refractivity contribution in [3.8, 4) is 6.07 Å². The molecular weight excluding hydrogens is 320 g/mol. The highest BCUT2D eigenvalue weighted by Gasteiger charge is 2.23. The molecule has 2 aliphatic rings. The van der Waals surface area contributed by atoms with E-state index in [1.165, 1.54) is 19.3 Å². The number of hydrogen-bond acceptors (Lipinski definition) is 3. The summed E-state index contributed by atoms with van der Waals surface area (Å²) in [4.78, 5) is 4.49. The topological polar surface area (TPSA) is 45.9 Å². The van der Waals surface area contributed by atoms with Gasteiger partial charge < -0.3 is 4.74 Å². The summed E-state index contributed by atoms with van der Waals surface area (Å²) >= 11 is 6.35. The van der Waals surface area contributed by atoms with E-state index in [0.29, 0.717) is 16.6 Å². The zero-order valence-electron chi connectivity index (χ0n) is 13.8. The fourth-order valence-electron chi connectivity index (χ4n) is 3.49. The first-order valence-corrected chi connectivity index (χ1v) is 8.82. The van der Waals surface area contributed by atoms with Crippen LogP contribution in [0, 0.1) is 11.3 Å². The molecule has 0 N–H and O–H groups in total. The van der Waals surface area contributed by atoms with E-state index in [-0.39, 0.29) is 5.92 Å². The molecule has 1 saturated carbocycles. The van der Waals surface area contributed by atoms with E-state index in [2.05, 4.69) is 23.2 Å². The fourth-order valence-corrected chi connectivity index (χ4v) is 3.74. The first kappa shape index (κ1) is 16.8. The van der Waals surface area contributed by atoms with Gasteiger partial charge in [0.15, 0.2) is 0 Å². The Labute approximate surface area is 148 Å². The molecule has 1 aromatic rings. The van der Waals surface area contributed by atoms with E-state index in [4.69, 9.17) is 16.3 Å². The molecular formula is C20H21ClN2O. The van der Waals surface area contributed by atoms with Gasteiger partial charge in [-0.1, -0.05) is 49.1 Å². The van der Waals surface area contributed by atoms with Crippen LogP contribution >= 0.6 is 11.6 Å². The van der Waals surface area contributed by atoms with Gasteiger partial charge in [0.05, 0.1) is 18.4 Å². The molecule has 0 spiro atoms. The molecule has 1 fully saturated rings. The van der Waals surface area contributed by atoms with Gasteiger partial charge in [-0.3, -0.25) is 0 Å². The van der Waals surface area contributed by atoms with Crippen LogP contribution in [0.2, 0.25) is 5.15 Å². The summed E-state index contributed by atoms with van der Waals surface area (Å²) in [5.41, 5.74) is 2.50. The van der Waals surface area contributed by atoms with Gasteiger partial charge >= 0.3 is 0 Å². The van der Waals surface area contributed by atoms with Crippen molar-refractivity contribution in [3.63, 3.8) is 0 Å². The summed E-state index contributed by atoms with van der Waals surface area (Å²) in [6.45, 7) is 0. The lowest BCUT2D eigenvalue weighted by Gasteiger charge is -2.24. The lowest BCUT2D eigenvalue weighted by atomic mass is 9.82. The van der Waals surface area contributed by atoms with Crippen LogP contribution in [0.15, 0.2) is 42.2 Å². The average Bonchev–Trinajstić information content (AvgIpc) is 2.87. The molecule has 0 saturated heterocycles. The summed E-state index contributed by atoms with van der Waals surface area (Å²) in [7, 11) is 1.66. The normalized spacial score (nSPS) is 21.0. The Hall–Kier alpha value is -2.05. The first-order chi connectivity index (χ1) is 11.7. The minimum atomic E-state index is 0.0292. The number of rotatable bonds is 3. The summed E-state index contributed by atoms with van der Waals surface area (Å²) in [6, 6.07) is 4.34. The number of methoxy groups -OCH3 is 1. The van der Waals surface area contributed by atoms with E-state index in [1.54, 1.807) is 7.11 Å². The molecule has 0 amide bonds. The van der Waals surface area contributed by atoms with Crippen LogP contribution in [-0.4, -0.2) is 12.1 Å². The van der Waals surface area contributed by atoms with Crippen LogP contribution in [0.25, 0.3) is 0 Å². The van der Waals surface area contributed by atoms with E-state index in [0.717, 1.165) is 29.9 Å². The Morgan fingerprint density at radius 2 is 2.04 bits per heavy atom. The molecule has 2 aliphatic carbocycles. The van der Waals surface area contributed by atoms with Crippen molar-refractivity contribution in [1.82, 2.24) is 4.98 Å². The maximum Gasteiger partial charge on any atom is 0.147 e. The van der Waals surface area contributed by atoms with Crippen molar-refractivity contribution in [1.29, 1.82) is 5.26 Å². The summed E-state index contributed by atoms with van der Waals surface area (Å²) in [6.07, 6.45) is 15.9. The summed E-state index contributed by atoms with van der Waals surface area (Å²) in [5, 5.41) is 9.84. The van der Waals surface area contributed by atoms with Gasteiger partial charge in [-0.2, -0.15) is 5.26 Å². The molecule has 24 heavy (non-hydrogen) atoms. The third kappa shape index (κ3) is 3.55. The van der Waals surface area contributed by atoms with Crippen LogP contribution in [0.3, 0.4) is 0 Å². The van der Waals surface area contributed by atoms with Crippen molar-refractivity contribution in [2.24, 2.45) is 0 Å². The predicted molar refractivity (Wildman–Crippen MR) is 95.9 cm³/mol. The van der Waals surface area contributed by atoms with E-state index < -0.39 is 0 Å². The van der Waals surface area contributed by atoms with E-state index >= 15 is 0 Å². The number of allylic oxidation sites excluding steroid dienone is 5. The highest BCUT2D eigenvalue weighted by molar-refractivity contribution is 6.30. The maximum atomic E-state index is 9.52. The maximum absolute atomic E-state index is 9.52. The van der Waals surface area contributed by atoms with Crippen LogP contribution in [-0.2, 0) is 4.74 Å². The van der Waals surface area contributed by atoms with Gasteiger partial charge in [0, 0.05) is 5.92 Å². The SMILES string of the molecule is COC1=CC=CC(c2cc(C3CCCCC3)c(C#N)c(Cl)n2)C=C1. The minimum absolute atomic E-state index is 0.0292. The smallest absolute Gasteiger partial charge is 0.147 e. The van der Waals surface area contributed by atoms with Crippen molar-refractivity contribution >= 4 is 11.6 Å². The van der Waals surface area contributed by atoms with Crippen molar-refractivity contribution < 1.29 is 4.74 Å². The molecule has 0 radical (unpaired) electrons. The van der Waals surface area contributed by atoms with Crippen molar-refractivity contribution in [2.75, 3.05) is 7.11 Å². The Bertz CT molecular complexity index is 737. The molecule has 0 bridgehead atoms. The average molecular weight is 341 g/mol. The third-order valence-electron chi connectivity index (χ3n) is 4.81. The zero-order valence-corrected chi connectivity index (χ0v) is 14.6. The first-order valence-electron chi connectivity index (χ1n) is 8.44. The predicted octanol–water partition coefficient (Wildman–Crippen LogP) is 5.39. The largest absolute Gasteiger partial charge is 0.497 e. The summed E-state index contributed by atoms with van der Waals surface area (Å²) in [5.74, 6) is 1.25. The van der Waals surface area contributed by atoms with E-state index in [1.807, 2.05) is 24.3 Å². The molecule has 0 aromatic carbocycles. The molecule has 1 atom stereocenters. The molecule has 4 heteroatoms. The quantitative estimate of drug-likeness (QED) is 0.692. The van der Waals surface area contributed by atoms with Gasteiger partial charge in [-0.15, -0.1) is 0 Å². The van der Waals surface area contributed by atoms with Gasteiger partial charge in [0.25, 0.3) is 0 Å². The van der Waals surface area contributed by atoms with Crippen molar-refractivity contribution in [2.45, 2.75) is 43.9 Å². The van der Waals surface area contributed by atoms with E-state index in [9.17, 15) is 5.26 Å². The monoisotopic (exact) mass is 340 g/mol. The third-order valence-corrected chi connectivity index (χ3v) is 5.08. The number of ether oxygens (including phenoxy) is 1. The lowest BCUT2D eigenvalue weighted by Crippen LogP contribution is -2.09. The van der Waals surface area contributed by atoms with Gasteiger partial charge in [0.1, 0.15) is 17.0 Å². The van der Waals surface area contributed by atoms with Crippen LogP contribution in [0.1, 0.15) is 60.8 Å². The standard InChI is InChI=1S/C20H21ClN2O/c1-24-16-9-5-8-15(10-11-16)19-12-17(14-6-3-2-4-7-14)18(13-22)20(21)23-19/h5,8-12,14-15H,2-4,6-7H2,1H3. The van der Waals surface area contributed by atoms with Gasteiger partial charge in [-0.25, -0.2) is 4.98 Å². The molecule has 0 aliphatic heterocycles. The second-order valence-electron chi connectivity index (χ2n) is 6.29. The van der Waals surface area contributed by atoms with Gasteiger partial charge in [-0.05, 0) is 42.5 Å². The highest BCUT2D eigenvalue weighted by atomic mass is 35.5. The number of aromatic nitrogens is 1. The van der Waals surface area contributed by atoms with Crippen molar-refractivity contribution in [3.05, 3.63) is 64.2 Å². The second-order valence-corrected chi connectivity index (χ2v) is 6.65. The van der Waals surface area contributed by atoms with Crippen LogP contribution in [0.4, 0.5) is 0 Å². The van der Waals surface area contributed by atoms with Crippen LogP contribution < -0.4 is 0 Å². The Kier molecular flexibility index (Phi) is 5.37. The number of halogens is 1. The minimum Gasteiger partial charge on any atom is -0.497 e. The zero-order chi connectivity index (χ0) is 16.9. The second kappa shape index (κ2) is 7.68. The molecule has 1 heterocycles. The molecule has 3 nitrogen and oxygen atoms in total. The molecule has 3 rings (SSSR count). The molecule has 1 aromatic heterocycles. The number of nitrogens with zero attached hydrogens (tertiary/aromatic N) is 2. The molecule has 1 unspecified atom stereocenters. The summed E-state index contributed by atoms with van der Waals surface area (Å²) < 4.78 is 5.27. The number of hydrogen-bond donors (Lipinski definition) is 0. The Balaban J connectivity index is 1.98. The fraction of sp³-hybridized carbons (Fsp3) is 0.400. The molecule has 124 valence electrons.